The molecule has 2 rings (SSSR count). The Balaban J connectivity index is 2.24. The van der Waals surface area contributed by atoms with E-state index in [0.29, 0.717) is 5.16 Å². The average molecular weight is 278 g/mol. The van der Waals surface area contributed by atoms with E-state index in [1.807, 2.05) is 45.0 Å². The van der Waals surface area contributed by atoms with Crippen LogP contribution in [0, 0.1) is 0 Å². The maximum Gasteiger partial charge on any atom is 0.344 e. The molecule has 6 heteroatoms. The minimum atomic E-state index is -0.176. The SMILES string of the molecule is CC(C)n1c(Sc2ccc([C@@H](C)N)cc2)n[nH]c1=O. The Bertz CT molecular complexity index is 598. The van der Waals surface area contributed by atoms with Crippen LogP contribution in [-0.4, -0.2) is 14.8 Å². The van der Waals surface area contributed by atoms with Gasteiger partial charge in [0.1, 0.15) is 0 Å². The van der Waals surface area contributed by atoms with Crippen LogP contribution in [0.25, 0.3) is 0 Å². The minimum Gasteiger partial charge on any atom is -0.324 e. The molecule has 0 amide bonds. The summed E-state index contributed by atoms with van der Waals surface area (Å²) >= 11 is 1.46. The second-order valence-electron chi connectivity index (χ2n) is 4.73. The minimum absolute atomic E-state index is 0.0262. The van der Waals surface area contributed by atoms with Crippen LogP contribution in [0.5, 0.6) is 0 Å². The number of H-pyrrole nitrogens is 1. The van der Waals surface area contributed by atoms with Gasteiger partial charge < -0.3 is 5.73 Å². The van der Waals surface area contributed by atoms with Crippen molar-refractivity contribution in [1.29, 1.82) is 0 Å². The summed E-state index contributed by atoms with van der Waals surface area (Å²) in [6.07, 6.45) is 0. The van der Waals surface area contributed by atoms with Crippen molar-refractivity contribution in [2.45, 2.75) is 42.9 Å². The van der Waals surface area contributed by atoms with E-state index in [9.17, 15) is 4.79 Å². The molecule has 1 atom stereocenters. The molecule has 3 N–H and O–H groups in total. The quantitative estimate of drug-likeness (QED) is 0.900. The van der Waals surface area contributed by atoms with Gasteiger partial charge in [-0.2, -0.15) is 0 Å². The molecule has 1 heterocycles. The molecule has 2 aromatic rings. The van der Waals surface area contributed by atoms with Gasteiger partial charge in [-0.15, -0.1) is 5.10 Å². The lowest BCUT2D eigenvalue weighted by Crippen LogP contribution is -2.19. The fourth-order valence-electron chi connectivity index (χ4n) is 1.76. The highest BCUT2D eigenvalue weighted by Gasteiger charge is 2.12. The standard InChI is InChI=1S/C13H18N4OS/c1-8(2)17-12(18)15-16-13(17)19-11-6-4-10(5-7-11)9(3)14/h4-9H,14H2,1-3H3,(H,15,18)/t9-/m1/s1. The van der Waals surface area contributed by atoms with Gasteiger partial charge in [0.05, 0.1) is 0 Å². The summed E-state index contributed by atoms with van der Waals surface area (Å²) in [5.74, 6) is 0. The summed E-state index contributed by atoms with van der Waals surface area (Å²) in [7, 11) is 0. The Kier molecular flexibility index (Phi) is 4.11. The molecule has 0 aliphatic carbocycles. The van der Waals surface area contributed by atoms with Gasteiger partial charge in [-0.3, -0.25) is 4.57 Å². The van der Waals surface area contributed by atoms with Crippen molar-refractivity contribution in [3.05, 3.63) is 40.3 Å². The van der Waals surface area contributed by atoms with E-state index in [1.54, 1.807) is 4.57 Å². The molecule has 102 valence electrons. The van der Waals surface area contributed by atoms with Crippen LogP contribution in [0.2, 0.25) is 0 Å². The molecule has 0 unspecified atom stereocenters. The number of aromatic nitrogens is 3. The molecule has 0 spiro atoms. The van der Waals surface area contributed by atoms with Crippen molar-refractivity contribution in [2.24, 2.45) is 5.73 Å². The van der Waals surface area contributed by atoms with E-state index < -0.39 is 0 Å². The van der Waals surface area contributed by atoms with Gasteiger partial charge in [0, 0.05) is 17.0 Å². The van der Waals surface area contributed by atoms with Crippen molar-refractivity contribution in [3.8, 4) is 0 Å². The molecule has 0 aliphatic rings. The number of benzene rings is 1. The van der Waals surface area contributed by atoms with Gasteiger partial charge in [-0.25, -0.2) is 9.89 Å². The molecule has 0 saturated carbocycles. The van der Waals surface area contributed by atoms with E-state index in [2.05, 4.69) is 10.2 Å². The molecule has 0 bridgehead atoms. The molecule has 0 radical (unpaired) electrons. The Hall–Kier alpha value is -1.53. The molecular weight excluding hydrogens is 260 g/mol. The third kappa shape index (κ3) is 3.08. The van der Waals surface area contributed by atoms with Gasteiger partial charge >= 0.3 is 5.69 Å². The van der Waals surface area contributed by atoms with E-state index in [1.165, 1.54) is 11.8 Å². The fraction of sp³-hybridized carbons (Fsp3) is 0.385. The smallest absolute Gasteiger partial charge is 0.324 e. The summed E-state index contributed by atoms with van der Waals surface area (Å²) in [5, 5.41) is 7.21. The maximum atomic E-state index is 11.6. The second-order valence-corrected chi connectivity index (χ2v) is 5.78. The first-order valence-electron chi connectivity index (χ1n) is 6.19. The summed E-state index contributed by atoms with van der Waals surface area (Å²) in [4.78, 5) is 12.7. The van der Waals surface area contributed by atoms with Crippen molar-refractivity contribution < 1.29 is 0 Å². The Morgan fingerprint density at radius 3 is 2.42 bits per heavy atom. The fourth-order valence-corrected chi connectivity index (χ4v) is 2.73. The topological polar surface area (TPSA) is 76.7 Å². The van der Waals surface area contributed by atoms with Gasteiger partial charge in [-0.05, 0) is 50.2 Å². The lowest BCUT2D eigenvalue weighted by Gasteiger charge is -2.09. The molecule has 19 heavy (non-hydrogen) atoms. The average Bonchev–Trinajstić information content (AvgIpc) is 2.71. The zero-order valence-corrected chi connectivity index (χ0v) is 12.1. The third-order valence-electron chi connectivity index (χ3n) is 2.80. The van der Waals surface area contributed by atoms with Crippen molar-refractivity contribution >= 4 is 11.8 Å². The Labute approximate surface area is 116 Å². The van der Waals surface area contributed by atoms with E-state index >= 15 is 0 Å². The van der Waals surface area contributed by atoms with Crippen molar-refractivity contribution in [3.63, 3.8) is 0 Å². The number of hydrogen-bond acceptors (Lipinski definition) is 4. The highest BCUT2D eigenvalue weighted by atomic mass is 32.2. The van der Waals surface area contributed by atoms with Crippen LogP contribution >= 0.6 is 11.8 Å². The van der Waals surface area contributed by atoms with Gasteiger partial charge in [0.2, 0.25) is 0 Å². The zero-order chi connectivity index (χ0) is 14.0. The molecule has 0 aliphatic heterocycles. The number of hydrogen-bond donors (Lipinski definition) is 2. The molecule has 1 aromatic carbocycles. The van der Waals surface area contributed by atoms with E-state index in [-0.39, 0.29) is 17.8 Å². The summed E-state index contributed by atoms with van der Waals surface area (Å²) < 4.78 is 1.64. The molecule has 1 aromatic heterocycles. The van der Waals surface area contributed by atoms with Gasteiger partial charge in [0.25, 0.3) is 0 Å². The van der Waals surface area contributed by atoms with Crippen LogP contribution in [0.15, 0.2) is 39.1 Å². The summed E-state index contributed by atoms with van der Waals surface area (Å²) in [6.45, 7) is 5.87. The first kappa shape index (κ1) is 13.9. The van der Waals surface area contributed by atoms with Crippen LogP contribution < -0.4 is 11.4 Å². The molecule has 0 saturated heterocycles. The predicted molar refractivity (Wildman–Crippen MR) is 76.4 cm³/mol. The first-order valence-corrected chi connectivity index (χ1v) is 7.01. The Morgan fingerprint density at radius 1 is 1.26 bits per heavy atom. The number of rotatable bonds is 4. The number of nitrogens with two attached hydrogens (primary N) is 1. The molecule has 0 fully saturated rings. The highest BCUT2D eigenvalue weighted by molar-refractivity contribution is 7.99. The first-order chi connectivity index (χ1) is 8.99. The predicted octanol–water partition coefficient (Wildman–Crippen LogP) is 2.32. The lowest BCUT2D eigenvalue weighted by atomic mass is 10.1. The summed E-state index contributed by atoms with van der Waals surface area (Å²) in [6, 6.07) is 8.09. The van der Waals surface area contributed by atoms with Gasteiger partial charge in [-0.1, -0.05) is 12.1 Å². The molecule has 5 nitrogen and oxygen atoms in total. The third-order valence-corrected chi connectivity index (χ3v) is 3.78. The van der Waals surface area contributed by atoms with Crippen LogP contribution in [0.3, 0.4) is 0 Å². The number of nitrogens with one attached hydrogen (secondary N) is 1. The number of nitrogens with zero attached hydrogens (tertiary/aromatic N) is 2. The lowest BCUT2D eigenvalue weighted by molar-refractivity contribution is 0.534. The summed E-state index contributed by atoms with van der Waals surface area (Å²) in [5.41, 5.74) is 6.73. The van der Waals surface area contributed by atoms with E-state index in [0.717, 1.165) is 10.5 Å². The monoisotopic (exact) mass is 278 g/mol. The van der Waals surface area contributed by atoms with Crippen molar-refractivity contribution in [2.75, 3.05) is 0 Å². The zero-order valence-electron chi connectivity index (χ0n) is 11.3. The highest BCUT2D eigenvalue weighted by Crippen LogP contribution is 2.27. The Morgan fingerprint density at radius 2 is 1.89 bits per heavy atom. The van der Waals surface area contributed by atoms with Crippen LogP contribution in [0.1, 0.15) is 38.4 Å². The van der Waals surface area contributed by atoms with Crippen molar-refractivity contribution in [1.82, 2.24) is 14.8 Å². The van der Waals surface area contributed by atoms with Crippen LogP contribution in [-0.2, 0) is 0 Å². The number of aromatic amines is 1. The largest absolute Gasteiger partial charge is 0.344 e. The normalized spacial score (nSPS) is 12.9. The van der Waals surface area contributed by atoms with Gasteiger partial charge in [0.15, 0.2) is 5.16 Å². The van der Waals surface area contributed by atoms with E-state index in [4.69, 9.17) is 5.73 Å². The maximum absolute atomic E-state index is 11.6. The van der Waals surface area contributed by atoms with Crippen LogP contribution in [0.4, 0.5) is 0 Å². The molecular formula is C13H18N4OS. The second kappa shape index (κ2) is 5.63.